The Morgan fingerprint density at radius 1 is 1.39 bits per heavy atom. The summed E-state index contributed by atoms with van der Waals surface area (Å²) >= 11 is 0. The van der Waals surface area contributed by atoms with Crippen molar-refractivity contribution in [2.24, 2.45) is 5.41 Å². The zero-order valence-corrected chi connectivity index (χ0v) is 12.7. The highest BCUT2D eigenvalue weighted by molar-refractivity contribution is 5.95. The molecule has 0 spiro atoms. The maximum absolute atomic E-state index is 12.8. The van der Waals surface area contributed by atoms with Gasteiger partial charge in [-0.2, -0.15) is 0 Å². The minimum Gasteiger partial charge on any atom is -0.348 e. The molecule has 0 radical (unpaired) electrons. The Labute approximate surface area is 133 Å². The van der Waals surface area contributed by atoms with Crippen LogP contribution in [0.5, 0.6) is 0 Å². The number of imidazole rings is 1. The van der Waals surface area contributed by atoms with E-state index >= 15 is 0 Å². The predicted octanol–water partition coefficient (Wildman–Crippen LogP) is 1.86. The standard InChI is InChI=1S/C17H18N4O2/c22-15-9-14(12-3-1-2-4-13(12)19-15)20-16(23)17(5-6-17)10-21-8-7-18-11-21/h1-4,7-8,11,14H,5-6,9-10H2,(H,19,22)(H,20,23)/t14-/m1/s1. The van der Waals surface area contributed by atoms with Crippen LogP contribution in [0.1, 0.15) is 30.9 Å². The maximum atomic E-state index is 12.8. The number of para-hydroxylation sites is 1. The molecule has 2 heterocycles. The van der Waals surface area contributed by atoms with Crippen molar-refractivity contribution in [3.05, 3.63) is 48.5 Å². The molecular weight excluding hydrogens is 292 g/mol. The first-order valence-corrected chi connectivity index (χ1v) is 7.82. The largest absolute Gasteiger partial charge is 0.348 e. The van der Waals surface area contributed by atoms with Crippen LogP contribution in [0, 0.1) is 5.41 Å². The second kappa shape index (κ2) is 5.22. The van der Waals surface area contributed by atoms with Gasteiger partial charge in [0.25, 0.3) is 0 Å². The molecule has 118 valence electrons. The molecule has 2 amide bonds. The Hall–Kier alpha value is -2.63. The lowest BCUT2D eigenvalue weighted by atomic mass is 9.96. The Bertz CT molecular complexity index is 750. The van der Waals surface area contributed by atoms with Crippen LogP contribution in [0.4, 0.5) is 5.69 Å². The number of rotatable bonds is 4. The van der Waals surface area contributed by atoms with Crippen molar-refractivity contribution >= 4 is 17.5 Å². The lowest BCUT2D eigenvalue weighted by Gasteiger charge is -2.28. The zero-order chi connectivity index (χ0) is 15.9. The summed E-state index contributed by atoms with van der Waals surface area (Å²) in [6, 6.07) is 7.37. The number of anilines is 1. The molecule has 23 heavy (non-hydrogen) atoms. The molecular formula is C17H18N4O2. The highest BCUT2D eigenvalue weighted by atomic mass is 16.2. The molecule has 2 aliphatic rings. The highest BCUT2D eigenvalue weighted by Gasteiger charge is 2.50. The van der Waals surface area contributed by atoms with Crippen LogP contribution in [-0.2, 0) is 16.1 Å². The maximum Gasteiger partial charge on any atom is 0.228 e. The van der Waals surface area contributed by atoms with Gasteiger partial charge >= 0.3 is 0 Å². The van der Waals surface area contributed by atoms with Crippen LogP contribution in [0.3, 0.4) is 0 Å². The molecule has 6 heteroatoms. The van der Waals surface area contributed by atoms with E-state index in [4.69, 9.17) is 0 Å². The fraction of sp³-hybridized carbons (Fsp3) is 0.353. The normalized spacial score (nSPS) is 21.2. The molecule has 1 aliphatic heterocycles. The SMILES string of the molecule is O=C1C[C@@H](NC(=O)C2(Cn3ccnc3)CC2)c2ccccc2N1. The van der Waals surface area contributed by atoms with Crippen molar-refractivity contribution in [2.45, 2.75) is 31.8 Å². The summed E-state index contributed by atoms with van der Waals surface area (Å²) in [5, 5.41) is 5.94. The first-order valence-electron chi connectivity index (χ1n) is 7.82. The molecule has 6 nitrogen and oxygen atoms in total. The van der Waals surface area contributed by atoms with Crippen LogP contribution in [0.2, 0.25) is 0 Å². The Morgan fingerprint density at radius 2 is 2.22 bits per heavy atom. The van der Waals surface area contributed by atoms with E-state index in [0.717, 1.165) is 24.1 Å². The molecule has 1 aliphatic carbocycles. The van der Waals surface area contributed by atoms with Crippen molar-refractivity contribution in [1.29, 1.82) is 0 Å². The second-order valence-corrected chi connectivity index (χ2v) is 6.38. The number of fused-ring (bicyclic) bond motifs is 1. The van der Waals surface area contributed by atoms with Crippen molar-refractivity contribution in [1.82, 2.24) is 14.9 Å². The van der Waals surface area contributed by atoms with E-state index in [1.807, 2.05) is 35.0 Å². The average Bonchev–Trinajstić information content (AvgIpc) is 3.14. The number of hydrogen-bond acceptors (Lipinski definition) is 3. The van der Waals surface area contributed by atoms with Gasteiger partial charge in [0.1, 0.15) is 0 Å². The molecule has 4 rings (SSSR count). The number of carbonyl (C=O) groups excluding carboxylic acids is 2. The number of aromatic nitrogens is 2. The fourth-order valence-electron chi connectivity index (χ4n) is 3.19. The lowest BCUT2D eigenvalue weighted by molar-refractivity contribution is -0.128. The van der Waals surface area contributed by atoms with Crippen molar-refractivity contribution in [3.8, 4) is 0 Å². The van der Waals surface area contributed by atoms with Crippen LogP contribution in [0.15, 0.2) is 43.0 Å². The molecule has 2 N–H and O–H groups in total. The Morgan fingerprint density at radius 3 is 2.96 bits per heavy atom. The molecule has 0 unspecified atom stereocenters. The van der Waals surface area contributed by atoms with Crippen LogP contribution < -0.4 is 10.6 Å². The van der Waals surface area contributed by atoms with Crippen LogP contribution in [-0.4, -0.2) is 21.4 Å². The molecule has 1 fully saturated rings. The van der Waals surface area contributed by atoms with Gasteiger partial charge in [-0.3, -0.25) is 9.59 Å². The van der Waals surface area contributed by atoms with Gasteiger partial charge in [0.05, 0.1) is 24.2 Å². The van der Waals surface area contributed by atoms with Crippen LogP contribution in [0.25, 0.3) is 0 Å². The van der Waals surface area contributed by atoms with E-state index in [2.05, 4.69) is 15.6 Å². The number of hydrogen-bond donors (Lipinski definition) is 2. The van der Waals surface area contributed by atoms with E-state index in [-0.39, 0.29) is 29.7 Å². The lowest BCUT2D eigenvalue weighted by Crippen LogP contribution is -2.40. The number of carbonyl (C=O) groups is 2. The highest BCUT2D eigenvalue weighted by Crippen LogP contribution is 2.48. The first-order chi connectivity index (χ1) is 11.2. The Balaban J connectivity index is 1.52. The van der Waals surface area contributed by atoms with Gasteiger partial charge < -0.3 is 15.2 Å². The topological polar surface area (TPSA) is 76.0 Å². The zero-order valence-electron chi connectivity index (χ0n) is 12.7. The summed E-state index contributed by atoms with van der Waals surface area (Å²) in [6.45, 7) is 0.638. The Kier molecular flexibility index (Phi) is 3.18. The minimum atomic E-state index is -0.358. The van der Waals surface area contributed by atoms with E-state index in [1.54, 1.807) is 12.5 Å². The van der Waals surface area contributed by atoms with Gasteiger partial charge in [-0.25, -0.2) is 4.98 Å². The molecule has 0 bridgehead atoms. The quantitative estimate of drug-likeness (QED) is 0.905. The molecule has 1 saturated carbocycles. The number of nitrogens with one attached hydrogen (secondary N) is 2. The van der Waals surface area contributed by atoms with E-state index < -0.39 is 0 Å². The van der Waals surface area contributed by atoms with Gasteiger partial charge in [-0.1, -0.05) is 18.2 Å². The second-order valence-electron chi connectivity index (χ2n) is 6.38. The third kappa shape index (κ3) is 2.60. The monoisotopic (exact) mass is 310 g/mol. The molecule has 1 aromatic carbocycles. The predicted molar refractivity (Wildman–Crippen MR) is 84.5 cm³/mol. The molecule has 1 atom stereocenters. The first kappa shape index (κ1) is 14.0. The summed E-state index contributed by atoms with van der Waals surface area (Å²) in [6.07, 6.45) is 7.35. The minimum absolute atomic E-state index is 0.0284. The van der Waals surface area contributed by atoms with Crippen LogP contribution >= 0.6 is 0 Å². The fourth-order valence-corrected chi connectivity index (χ4v) is 3.19. The van der Waals surface area contributed by atoms with Gasteiger partial charge in [0.15, 0.2) is 0 Å². The average molecular weight is 310 g/mol. The number of benzene rings is 1. The summed E-state index contributed by atoms with van der Waals surface area (Å²) in [7, 11) is 0. The van der Waals surface area contributed by atoms with E-state index in [9.17, 15) is 9.59 Å². The van der Waals surface area contributed by atoms with Crippen molar-refractivity contribution in [3.63, 3.8) is 0 Å². The molecule has 1 aromatic heterocycles. The third-order valence-corrected chi connectivity index (χ3v) is 4.68. The van der Waals surface area contributed by atoms with Gasteiger partial charge in [0, 0.05) is 24.6 Å². The molecule has 0 saturated heterocycles. The van der Waals surface area contributed by atoms with Crippen molar-refractivity contribution < 1.29 is 9.59 Å². The van der Waals surface area contributed by atoms with Gasteiger partial charge in [-0.15, -0.1) is 0 Å². The summed E-state index contributed by atoms with van der Waals surface area (Å²) in [5.41, 5.74) is 1.40. The smallest absolute Gasteiger partial charge is 0.228 e. The van der Waals surface area contributed by atoms with E-state index in [0.29, 0.717) is 6.54 Å². The third-order valence-electron chi connectivity index (χ3n) is 4.68. The van der Waals surface area contributed by atoms with Gasteiger partial charge in [-0.05, 0) is 24.5 Å². The van der Waals surface area contributed by atoms with Crippen molar-refractivity contribution in [2.75, 3.05) is 5.32 Å². The molecule has 2 aromatic rings. The van der Waals surface area contributed by atoms with E-state index in [1.165, 1.54) is 0 Å². The van der Waals surface area contributed by atoms with Gasteiger partial charge in [0.2, 0.25) is 11.8 Å². The summed E-state index contributed by atoms with van der Waals surface area (Å²) < 4.78 is 1.94. The summed E-state index contributed by atoms with van der Waals surface area (Å²) in [4.78, 5) is 28.7. The number of amides is 2. The number of nitrogens with zero attached hydrogens (tertiary/aromatic N) is 2. The summed E-state index contributed by atoms with van der Waals surface area (Å²) in [5.74, 6) is -0.0332.